The summed E-state index contributed by atoms with van der Waals surface area (Å²) in [5, 5.41) is 19.4. The summed E-state index contributed by atoms with van der Waals surface area (Å²) in [5.74, 6) is -19.3. The van der Waals surface area contributed by atoms with E-state index in [0.717, 1.165) is 13.8 Å². The van der Waals surface area contributed by atoms with Crippen molar-refractivity contribution in [3.05, 3.63) is 0 Å². The van der Waals surface area contributed by atoms with Crippen LogP contribution in [0.2, 0.25) is 0 Å². The maximum atomic E-state index is 16.0. The number of aliphatic hydroxyl groups is 2. The highest BCUT2D eigenvalue weighted by atomic mass is 19.4. The third-order valence-electron chi connectivity index (χ3n) is 10.8. The van der Waals surface area contributed by atoms with Crippen molar-refractivity contribution in [3.8, 4) is 0 Å². The largest absolute Gasteiger partial charge is 0.426 e. The SMILES string of the molecule is CC1C(C)C2CC1C(F)(F)C2(F)CC(OCOC1CC(C(O)(C(F)(F)F)C(F)(F)F)CC(C(O)(C(F)(F)F)C(F)(F)F)C1)(C(F)(F)F)C(F)(F)F. The average molecular weight is 802 g/mol. The molecule has 0 amide bonds. The molecular weight excluding hydrogens is 775 g/mol. The van der Waals surface area contributed by atoms with Crippen LogP contribution in [0.25, 0.3) is 0 Å². The first-order valence-electron chi connectivity index (χ1n) is 14.5. The molecule has 0 aliphatic heterocycles. The van der Waals surface area contributed by atoms with E-state index in [1.54, 1.807) is 0 Å². The Balaban J connectivity index is 2.09. The molecule has 7 unspecified atom stereocenters. The molecule has 3 rings (SSSR count). The van der Waals surface area contributed by atoms with E-state index in [9.17, 15) is 89.2 Å². The minimum Gasteiger partial charge on any atom is -0.373 e. The molecule has 51 heavy (non-hydrogen) atoms. The molecule has 0 aromatic heterocycles. The van der Waals surface area contributed by atoms with Crippen LogP contribution < -0.4 is 0 Å². The van der Waals surface area contributed by atoms with Crippen LogP contribution in [0.15, 0.2) is 0 Å². The first-order valence-corrected chi connectivity index (χ1v) is 14.5. The standard InChI is InChI=1S/C26H27F21O4/c1-9-10(2)15-6-14(9)16(27,20(15,28)29)7-17(21(30,31)32,22(33,34)35)51-8-50-13-4-11(18(48,23(36,37)38)24(39,40)41)3-12(5-13)19(49,25(42,43)44)26(45,46)47/h9-15,48-49H,3-8H2,1-2H3. The zero-order valence-electron chi connectivity index (χ0n) is 25.4. The number of hydrogen-bond acceptors (Lipinski definition) is 4. The topological polar surface area (TPSA) is 58.9 Å². The highest BCUT2D eigenvalue weighted by molar-refractivity contribution is 5.20. The van der Waals surface area contributed by atoms with Crippen molar-refractivity contribution in [2.45, 2.75) is 118 Å². The highest BCUT2D eigenvalue weighted by Crippen LogP contribution is 2.69. The Morgan fingerprint density at radius 2 is 0.882 bits per heavy atom. The fourth-order valence-corrected chi connectivity index (χ4v) is 7.82. The second-order valence-corrected chi connectivity index (χ2v) is 13.3. The summed E-state index contributed by atoms with van der Waals surface area (Å²) in [6, 6.07) is 0. The predicted octanol–water partition coefficient (Wildman–Crippen LogP) is 8.99. The maximum absolute atomic E-state index is 16.0. The number of halogens is 21. The summed E-state index contributed by atoms with van der Waals surface area (Å²) in [7, 11) is 0. The van der Waals surface area contributed by atoms with Gasteiger partial charge in [-0.25, -0.2) is 13.2 Å². The van der Waals surface area contributed by atoms with E-state index < -0.39 is 146 Å². The van der Waals surface area contributed by atoms with Gasteiger partial charge in [0.05, 0.1) is 6.10 Å². The molecule has 4 nitrogen and oxygen atoms in total. The molecule has 25 heteroatoms. The minimum atomic E-state index is -6.97. The van der Waals surface area contributed by atoms with E-state index >= 15 is 13.2 Å². The van der Waals surface area contributed by atoms with E-state index in [1.807, 2.05) is 0 Å². The van der Waals surface area contributed by atoms with Crippen molar-refractivity contribution < 1.29 is 112 Å². The Kier molecular flexibility index (Phi) is 10.7. The lowest BCUT2D eigenvalue weighted by Gasteiger charge is -2.49. The number of hydrogen-bond donors (Lipinski definition) is 2. The van der Waals surface area contributed by atoms with Crippen LogP contribution in [0.5, 0.6) is 0 Å². The van der Waals surface area contributed by atoms with Gasteiger partial charge in [-0.05, 0) is 37.5 Å². The summed E-state index contributed by atoms with van der Waals surface area (Å²) >= 11 is 0. The lowest BCUT2D eigenvalue weighted by Crippen LogP contribution is -2.67. The summed E-state index contributed by atoms with van der Waals surface area (Å²) in [5.41, 5.74) is -23.1. The lowest BCUT2D eigenvalue weighted by molar-refractivity contribution is -0.415. The maximum Gasteiger partial charge on any atom is 0.426 e. The molecule has 3 saturated carbocycles. The third-order valence-corrected chi connectivity index (χ3v) is 10.8. The van der Waals surface area contributed by atoms with Gasteiger partial charge >= 0.3 is 37.1 Å². The smallest absolute Gasteiger partial charge is 0.373 e. The molecule has 3 aliphatic rings. The normalized spacial score (nSPS) is 33.2. The zero-order valence-corrected chi connectivity index (χ0v) is 25.4. The molecule has 2 bridgehead atoms. The molecular formula is C26H27F21O4. The molecule has 0 saturated heterocycles. The van der Waals surface area contributed by atoms with Gasteiger partial charge in [0.25, 0.3) is 22.7 Å². The molecule has 0 radical (unpaired) electrons. The van der Waals surface area contributed by atoms with Crippen molar-refractivity contribution in [2.75, 3.05) is 6.79 Å². The van der Waals surface area contributed by atoms with Crippen LogP contribution in [0.1, 0.15) is 46.0 Å². The van der Waals surface area contributed by atoms with E-state index in [1.165, 1.54) is 0 Å². The van der Waals surface area contributed by atoms with Gasteiger partial charge in [-0.3, -0.25) is 0 Å². The van der Waals surface area contributed by atoms with E-state index in [0.29, 0.717) is 0 Å². The van der Waals surface area contributed by atoms with Crippen molar-refractivity contribution in [2.24, 2.45) is 35.5 Å². The molecule has 0 spiro atoms. The Bertz CT molecular complexity index is 1160. The van der Waals surface area contributed by atoms with Crippen molar-refractivity contribution in [1.82, 2.24) is 0 Å². The minimum absolute atomic E-state index is 0.901. The third kappa shape index (κ3) is 6.51. The van der Waals surface area contributed by atoms with Gasteiger partial charge in [0.15, 0.2) is 5.67 Å². The Labute approximate surface area is 272 Å². The number of ether oxygens (including phenoxy) is 2. The van der Waals surface area contributed by atoms with Crippen LogP contribution in [0, 0.1) is 35.5 Å². The van der Waals surface area contributed by atoms with Gasteiger partial charge in [0, 0.05) is 30.1 Å². The van der Waals surface area contributed by atoms with Crippen LogP contribution in [-0.2, 0) is 9.47 Å². The average Bonchev–Trinajstić information content (AvgIpc) is 3.32. The van der Waals surface area contributed by atoms with Crippen LogP contribution in [0.4, 0.5) is 92.2 Å². The van der Waals surface area contributed by atoms with Gasteiger partial charge in [-0.1, -0.05) is 13.8 Å². The van der Waals surface area contributed by atoms with Gasteiger partial charge in [0.1, 0.15) is 6.79 Å². The highest BCUT2D eigenvalue weighted by Gasteiger charge is 2.83. The van der Waals surface area contributed by atoms with Gasteiger partial charge < -0.3 is 19.7 Å². The molecule has 302 valence electrons. The first kappa shape index (κ1) is 43.8. The fourth-order valence-electron chi connectivity index (χ4n) is 7.82. The predicted molar refractivity (Wildman–Crippen MR) is 124 cm³/mol. The monoisotopic (exact) mass is 802 g/mol. The van der Waals surface area contributed by atoms with E-state index in [2.05, 4.69) is 9.47 Å². The Hall–Kier alpha value is -1.63. The molecule has 0 heterocycles. The molecule has 2 N–H and O–H groups in total. The van der Waals surface area contributed by atoms with Crippen molar-refractivity contribution >= 4 is 0 Å². The molecule has 0 aromatic rings. The quantitative estimate of drug-likeness (QED) is 0.190. The summed E-state index contributed by atoms with van der Waals surface area (Å²) in [6.45, 7) is -0.596. The van der Waals surface area contributed by atoms with E-state index in [-0.39, 0.29) is 0 Å². The Morgan fingerprint density at radius 1 is 0.529 bits per heavy atom. The second kappa shape index (κ2) is 12.4. The fraction of sp³-hybridized carbons (Fsp3) is 1.00. The van der Waals surface area contributed by atoms with Gasteiger partial charge in [-0.15, -0.1) is 0 Å². The summed E-state index contributed by atoms with van der Waals surface area (Å²) in [6.07, 6.45) is -56.0. The second-order valence-electron chi connectivity index (χ2n) is 13.3. The summed E-state index contributed by atoms with van der Waals surface area (Å²) < 4.78 is 303. The lowest BCUT2D eigenvalue weighted by atomic mass is 9.65. The van der Waals surface area contributed by atoms with Crippen LogP contribution in [0.3, 0.4) is 0 Å². The molecule has 3 fully saturated rings. The first-order chi connectivity index (χ1) is 22.3. The van der Waals surface area contributed by atoms with Gasteiger partial charge in [-0.2, -0.15) is 79.0 Å². The number of alkyl halides is 21. The van der Waals surface area contributed by atoms with E-state index in [4.69, 9.17) is 0 Å². The number of fused-ring (bicyclic) bond motifs is 2. The van der Waals surface area contributed by atoms with Crippen LogP contribution in [-0.4, -0.2) is 88.6 Å². The van der Waals surface area contributed by atoms with Crippen molar-refractivity contribution in [1.29, 1.82) is 0 Å². The molecule has 7 atom stereocenters. The number of rotatable bonds is 8. The van der Waals surface area contributed by atoms with Crippen LogP contribution >= 0.6 is 0 Å². The molecule has 0 aromatic carbocycles. The molecule has 3 aliphatic carbocycles. The van der Waals surface area contributed by atoms with Crippen molar-refractivity contribution in [3.63, 3.8) is 0 Å². The van der Waals surface area contributed by atoms with Gasteiger partial charge in [0.2, 0.25) is 0 Å². The summed E-state index contributed by atoms with van der Waals surface area (Å²) in [4.78, 5) is 0. The Morgan fingerprint density at radius 3 is 1.20 bits per heavy atom. The zero-order chi connectivity index (χ0) is 40.2.